The molecular weight excluding hydrogens is 372 g/mol. The number of ether oxygens (including phenoxy) is 2. The van der Waals surface area contributed by atoms with Gasteiger partial charge in [-0.3, -0.25) is 14.4 Å². The van der Waals surface area contributed by atoms with Crippen LogP contribution in [0.25, 0.3) is 0 Å². The predicted molar refractivity (Wildman–Crippen MR) is 109 cm³/mol. The molecule has 7 heteroatoms. The molecule has 2 aromatic rings. The number of nitrogens with zero attached hydrogens (tertiary/aromatic N) is 1. The lowest BCUT2D eigenvalue weighted by Crippen LogP contribution is -2.28. The Morgan fingerprint density at radius 3 is 2.62 bits per heavy atom. The lowest BCUT2D eigenvalue weighted by Gasteiger charge is -2.19. The number of aryl methyl sites for hydroxylation is 1. The van der Waals surface area contributed by atoms with E-state index in [0.717, 1.165) is 17.7 Å². The molecule has 1 heterocycles. The van der Waals surface area contributed by atoms with E-state index in [9.17, 15) is 14.4 Å². The van der Waals surface area contributed by atoms with Crippen LogP contribution in [-0.2, 0) is 25.5 Å². The second-order valence-electron chi connectivity index (χ2n) is 6.74. The smallest absolute Gasteiger partial charge is 0.311 e. The van der Waals surface area contributed by atoms with E-state index in [2.05, 4.69) is 5.32 Å². The SMILES string of the molecule is CCc1ccccc1N1C[C@H](C(=O)OCC(=O)Nc2ccccc2OC)CC1=O. The number of para-hydroxylation sites is 3. The average molecular weight is 396 g/mol. The summed E-state index contributed by atoms with van der Waals surface area (Å²) in [7, 11) is 1.50. The number of benzene rings is 2. The lowest BCUT2D eigenvalue weighted by atomic mass is 10.1. The Hall–Kier alpha value is -3.35. The maximum Gasteiger partial charge on any atom is 0.311 e. The third-order valence-corrected chi connectivity index (χ3v) is 4.85. The molecule has 0 aliphatic carbocycles. The van der Waals surface area contributed by atoms with Gasteiger partial charge in [0.2, 0.25) is 5.91 Å². The van der Waals surface area contributed by atoms with Gasteiger partial charge in [0, 0.05) is 18.7 Å². The number of carbonyl (C=O) groups is 3. The van der Waals surface area contributed by atoms with Crippen LogP contribution in [0.5, 0.6) is 5.75 Å². The summed E-state index contributed by atoms with van der Waals surface area (Å²) >= 11 is 0. The highest BCUT2D eigenvalue weighted by atomic mass is 16.5. The second kappa shape index (κ2) is 9.23. The number of esters is 1. The van der Waals surface area contributed by atoms with Crippen LogP contribution in [0.2, 0.25) is 0 Å². The van der Waals surface area contributed by atoms with Crippen molar-refractivity contribution < 1.29 is 23.9 Å². The van der Waals surface area contributed by atoms with Crippen molar-refractivity contribution in [2.75, 3.05) is 30.5 Å². The summed E-state index contributed by atoms with van der Waals surface area (Å²) in [5.74, 6) is -1.22. The zero-order chi connectivity index (χ0) is 20.8. The Morgan fingerprint density at radius 2 is 1.86 bits per heavy atom. The summed E-state index contributed by atoms with van der Waals surface area (Å²) in [6, 6.07) is 14.6. The molecule has 0 bridgehead atoms. The number of methoxy groups -OCH3 is 1. The fourth-order valence-electron chi connectivity index (χ4n) is 3.36. The third-order valence-electron chi connectivity index (χ3n) is 4.85. The molecular formula is C22H24N2O5. The van der Waals surface area contributed by atoms with Crippen molar-refractivity contribution in [3.8, 4) is 5.75 Å². The molecule has 1 saturated heterocycles. The number of rotatable bonds is 7. The highest BCUT2D eigenvalue weighted by molar-refractivity contribution is 6.00. The van der Waals surface area contributed by atoms with Crippen molar-refractivity contribution >= 4 is 29.2 Å². The first-order valence-corrected chi connectivity index (χ1v) is 9.51. The first-order chi connectivity index (χ1) is 14.0. The fourth-order valence-corrected chi connectivity index (χ4v) is 3.36. The molecule has 29 heavy (non-hydrogen) atoms. The summed E-state index contributed by atoms with van der Waals surface area (Å²) < 4.78 is 10.3. The van der Waals surface area contributed by atoms with Crippen LogP contribution in [0.1, 0.15) is 18.9 Å². The highest BCUT2D eigenvalue weighted by Gasteiger charge is 2.37. The number of nitrogens with one attached hydrogen (secondary N) is 1. The molecule has 3 rings (SSSR count). The molecule has 0 unspecified atom stereocenters. The Morgan fingerprint density at radius 1 is 1.14 bits per heavy atom. The monoisotopic (exact) mass is 396 g/mol. The van der Waals surface area contributed by atoms with E-state index in [1.165, 1.54) is 7.11 Å². The van der Waals surface area contributed by atoms with Gasteiger partial charge in [-0.05, 0) is 30.2 Å². The Kier molecular flexibility index (Phi) is 6.49. The van der Waals surface area contributed by atoms with Crippen molar-refractivity contribution in [2.24, 2.45) is 5.92 Å². The van der Waals surface area contributed by atoms with Crippen molar-refractivity contribution in [3.63, 3.8) is 0 Å². The van der Waals surface area contributed by atoms with Gasteiger partial charge in [0.05, 0.1) is 18.7 Å². The van der Waals surface area contributed by atoms with Crippen LogP contribution < -0.4 is 15.0 Å². The maximum absolute atomic E-state index is 12.4. The van der Waals surface area contributed by atoms with Crippen LogP contribution in [0.4, 0.5) is 11.4 Å². The minimum atomic E-state index is -0.591. The summed E-state index contributed by atoms with van der Waals surface area (Å²) in [6.45, 7) is 1.85. The van der Waals surface area contributed by atoms with E-state index in [4.69, 9.17) is 9.47 Å². The van der Waals surface area contributed by atoms with E-state index < -0.39 is 24.4 Å². The molecule has 0 radical (unpaired) electrons. The Bertz CT molecular complexity index is 912. The minimum absolute atomic E-state index is 0.0744. The molecule has 7 nitrogen and oxygen atoms in total. The fraction of sp³-hybridized carbons (Fsp3) is 0.318. The molecule has 0 aromatic heterocycles. The zero-order valence-electron chi connectivity index (χ0n) is 16.5. The van der Waals surface area contributed by atoms with Gasteiger partial charge in [-0.1, -0.05) is 37.3 Å². The van der Waals surface area contributed by atoms with Gasteiger partial charge < -0.3 is 19.7 Å². The van der Waals surface area contributed by atoms with Crippen molar-refractivity contribution in [1.29, 1.82) is 0 Å². The molecule has 2 aromatic carbocycles. The molecule has 0 spiro atoms. The molecule has 1 aliphatic rings. The summed E-state index contributed by atoms with van der Waals surface area (Å²) in [4.78, 5) is 38.6. The summed E-state index contributed by atoms with van der Waals surface area (Å²) in [6.07, 6.45) is 0.864. The quantitative estimate of drug-likeness (QED) is 0.728. The number of carbonyl (C=O) groups excluding carboxylic acids is 3. The number of amides is 2. The molecule has 1 N–H and O–H groups in total. The first kappa shape index (κ1) is 20.4. The predicted octanol–water partition coefficient (Wildman–Crippen LogP) is 2.79. The molecule has 1 fully saturated rings. The van der Waals surface area contributed by atoms with E-state index in [-0.39, 0.29) is 18.9 Å². The number of hydrogen-bond acceptors (Lipinski definition) is 5. The molecule has 2 amide bonds. The van der Waals surface area contributed by atoms with E-state index in [1.807, 2.05) is 31.2 Å². The topological polar surface area (TPSA) is 84.9 Å². The van der Waals surface area contributed by atoms with Crippen LogP contribution in [0.15, 0.2) is 48.5 Å². The van der Waals surface area contributed by atoms with E-state index in [1.54, 1.807) is 29.2 Å². The largest absolute Gasteiger partial charge is 0.495 e. The van der Waals surface area contributed by atoms with Crippen molar-refractivity contribution in [3.05, 3.63) is 54.1 Å². The maximum atomic E-state index is 12.4. The van der Waals surface area contributed by atoms with Gasteiger partial charge in [-0.25, -0.2) is 0 Å². The summed E-state index contributed by atoms with van der Waals surface area (Å²) in [5, 5.41) is 2.65. The zero-order valence-corrected chi connectivity index (χ0v) is 16.5. The van der Waals surface area contributed by atoms with Gasteiger partial charge >= 0.3 is 5.97 Å². The molecule has 1 aliphatic heterocycles. The number of anilines is 2. The number of hydrogen-bond donors (Lipinski definition) is 1. The molecule has 0 saturated carbocycles. The first-order valence-electron chi connectivity index (χ1n) is 9.51. The minimum Gasteiger partial charge on any atom is -0.495 e. The van der Waals surface area contributed by atoms with Gasteiger partial charge in [0.1, 0.15) is 5.75 Å². The van der Waals surface area contributed by atoms with Gasteiger partial charge in [0.15, 0.2) is 6.61 Å². The normalized spacial score (nSPS) is 15.9. The van der Waals surface area contributed by atoms with Crippen LogP contribution in [0, 0.1) is 5.92 Å². The Labute approximate surface area is 169 Å². The van der Waals surface area contributed by atoms with Crippen LogP contribution in [0.3, 0.4) is 0 Å². The van der Waals surface area contributed by atoms with Crippen molar-refractivity contribution in [2.45, 2.75) is 19.8 Å². The van der Waals surface area contributed by atoms with Crippen LogP contribution in [-0.4, -0.2) is 38.0 Å². The summed E-state index contributed by atoms with van der Waals surface area (Å²) in [5.41, 5.74) is 2.37. The van der Waals surface area contributed by atoms with E-state index in [0.29, 0.717) is 11.4 Å². The van der Waals surface area contributed by atoms with Crippen molar-refractivity contribution in [1.82, 2.24) is 0 Å². The van der Waals surface area contributed by atoms with E-state index >= 15 is 0 Å². The highest BCUT2D eigenvalue weighted by Crippen LogP contribution is 2.29. The Balaban J connectivity index is 1.56. The molecule has 152 valence electrons. The van der Waals surface area contributed by atoms with Gasteiger partial charge in [-0.15, -0.1) is 0 Å². The van der Waals surface area contributed by atoms with Gasteiger partial charge in [0.25, 0.3) is 5.91 Å². The third kappa shape index (κ3) is 4.74. The average Bonchev–Trinajstić information content (AvgIpc) is 3.13. The van der Waals surface area contributed by atoms with Crippen LogP contribution >= 0.6 is 0 Å². The second-order valence-corrected chi connectivity index (χ2v) is 6.74. The van der Waals surface area contributed by atoms with Gasteiger partial charge in [-0.2, -0.15) is 0 Å². The standard InChI is InChI=1S/C22H24N2O5/c1-3-15-8-4-6-10-18(15)24-13-16(12-21(24)26)22(27)29-14-20(25)23-17-9-5-7-11-19(17)28-2/h4-11,16H,3,12-14H2,1-2H3,(H,23,25)/t16-/m1/s1. The molecule has 1 atom stereocenters. The lowest BCUT2D eigenvalue weighted by molar-refractivity contribution is -0.151.